The van der Waals surface area contributed by atoms with Gasteiger partial charge in [-0.3, -0.25) is 20.2 Å². The molecule has 0 aromatic heterocycles. The average Bonchev–Trinajstić information content (AvgIpc) is 2.94. The van der Waals surface area contributed by atoms with Gasteiger partial charge in [-0.1, -0.05) is 6.07 Å². The second kappa shape index (κ2) is 19.2. The molecule has 15 nitrogen and oxygen atoms in total. The first-order chi connectivity index (χ1) is 19.4. The Hall–Kier alpha value is -3.89. The predicted octanol–water partition coefficient (Wildman–Crippen LogP) is 2.78. The summed E-state index contributed by atoms with van der Waals surface area (Å²) in [6.45, 7) is 3.87. The fourth-order valence-corrected chi connectivity index (χ4v) is 3.18. The van der Waals surface area contributed by atoms with E-state index >= 15 is 0 Å². The highest BCUT2D eigenvalue weighted by atomic mass is 16.6. The fourth-order valence-electron chi connectivity index (χ4n) is 3.18. The number of benzene rings is 2. The fraction of sp³-hybridized carbons (Fsp3) is 0.480. The number of para-hydroxylation sites is 1. The lowest BCUT2D eigenvalue weighted by atomic mass is 10.2. The molecular weight excluding hydrogens is 534 g/mol. The molecule has 15 heteroatoms. The van der Waals surface area contributed by atoms with Gasteiger partial charge in [0.2, 0.25) is 0 Å². The molecular formula is C25H33N3O12. The normalized spacial score (nSPS) is 10.8. The van der Waals surface area contributed by atoms with Crippen LogP contribution in [-0.4, -0.2) is 100 Å². The molecule has 0 heterocycles. The van der Waals surface area contributed by atoms with E-state index in [1.54, 1.807) is 12.1 Å². The number of aromatic carboxylic acids is 1. The van der Waals surface area contributed by atoms with E-state index in [-0.39, 0.29) is 49.0 Å². The molecule has 2 N–H and O–H groups in total. The molecule has 0 unspecified atom stereocenters. The first kappa shape index (κ1) is 32.3. The van der Waals surface area contributed by atoms with Crippen LogP contribution in [0, 0.1) is 20.2 Å². The second-order valence-electron chi connectivity index (χ2n) is 7.86. The van der Waals surface area contributed by atoms with Crippen LogP contribution >= 0.6 is 0 Å². The van der Waals surface area contributed by atoms with Gasteiger partial charge in [0.1, 0.15) is 12.4 Å². The molecule has 220 valence electrons. The van der Waals surface area contributed by atoms with Crippen LogP contribution in [0.2, 0.25) is 0 Å². The summed E-state index contributed by atoms with van der Waals surface area (Å²) in [6, 6.07) is 9.88. The SMILES string of the molecule is O=C(O)c1cccc(OCCOCCOCCOCCOCCOCCNc2c([N+](=O)[O-])cccc2[N+](=O)[O-])c1. The molecule has 2 aromatic carbocycles. The highest BCUT2D eigenvalue weighted by molar-refractivity contribution is 5.88. The minimum absolute atomic E-state index is 0.149. The monoisotopic (exact) mass is 567 g/mol. The Bertz CT molecular complexity index is 1040. The molecule has 40 heavy (non-hydrogen) atoms. The van der Waals surface area contributed by atoms with Crippen molar-refractivity contribution in [1.29, 1.82) is 0 Å². The number of carboxylic acids is 1. The van der Waals surface area contributed by atoms with Crippen molar-refractivity contribution in [2.24, 2.45) is 0 Å². The average molecular weight is 568 g/mol. The van der Waals surface area contributed by atoms with Crippen molar-refractivity contribution < 1.29 is 48.2 Å². The van der Waals surface area contributed by atoms with Crippen LogP contribution in [0.15, 0.2) is 42.5 Å². The number of nitro groups is 2. The van der Waals surface area contributed by atoms with Crippen molar-refractivity contribution >= 4 is 23.0 Å². The van der Waals surface area contributed by atoms with E-state index in [1.807, 2.05) is 0 Å². The highest BCUT2D eigenvalue weighted by Gasteiger charge is 2.24. The predicted molar refractivity (Wildman–Crippen MR) is 141 cm³/mol. The molecule has 0 aliphatic heterocycles. The molecule has 2 rings (SSSR count). The Morgan fingerprint density at radius 3 is 1.62 bits per heavy atom. The van der Waals surface area contributed by atoms with Crippen LogP contribution in [0.25, 0.3) is 0 Å². The molecule has 2 aromatic rings. The lowest BCUT2D eigenvalue weighted by molar-refractivity contribution is -0.392. The van der Waals surface area contributed by atoms with E-state index < -0.39 is 15.8 Å². The number of carboxylic acid groups (broad SMARTS) is 1. The molecule has 0 aliphatic rings. The van der Waals surface area contributed by atoms with Gasteiger partial charge in [0.25, 0.3) is 11.4 Å². The maximum Gasteiger partial charge on any atom is 0.335 e. The number of carbonyl (C=O) groups is 1. The summed E-state index contributed by atoms with van der Waals surface area (Å²) in [6.07, 6.45) is 0. The summed E-state index contributed by atoms with van der Waals surface area (Å²) in [5.74, 6) is -0.545. The number of rotatable bonds is 23. The van der Waals surface area contributed by atoms with Gasteiger partial charge in [0, 0.05) is 18.7 Å². The number of nitro benzene ring substituents is 2. The molecule has 0 atom stereocenters. The van der Waals surface area contributed by atoms with Gasteiger partial charge in [0.15, 0.2) is 5.69 Å². The molecule has 0 saturated heterocycles. The lowest BCUT2D eigenvalue weighted by Gasteiger charge is -2.09. The van der Waals surface area contributed by atoms with Crippen molar-refractivity contribution in [1.82, 2.24) is 0 Å². The van der Waals surface area contributed by atoms with E-state index in [0.29, 0.717) is 58.6 Å². The van der Waals surface area contributed by atoms with Gasteiger partial charge >= 0.3 is 5.97 Å². The van der Waals surface area contributed by atoms with Gasteiger partial charge in [-0.2, -0.15) is 0 Å². The van der Waals surface area contributed by atoms with Crippen LogP contribution in [0.1, 0.15) is 10.4 Å². The Balaban J connectivity index is 1.36. The summed E-state index contributed by atoms with van der Waals surface area (Å²) >= 11 is 0. The summed E-state index contributed by atoms with van der Waals surface area (Å²) in [5.41, 5.74) is -0.742. The number of hydrogen-bond donors (Lipinski definition) is 2. The molecule has 0 bridgehead atoms. The molecule has 0 saturated carbocycles. The second-order valence-corrected chi connectivity index (χ2v) is 7.86. The third-order valence-electron chi connectivity index (χ3n) is 5.03. The zero-order chi connectivity index (χ0) is 29.0. The number of ether oxygens (including phenoxy) is 6. The minimum atomic E-state index is -1.01. The quantitative estimate of drug-likeness (QED) is 0.113. The van der Waals surface area contributed by atoms with Crippen LogP contribution in [-0.2, 0) is 23.7 Å². The van der Waals surface area contributed by atoms with Gasteiger partial charge in [-0.15, -0.1) is 0 Å². The number of anilines is 1. The zero-order valence-corrected chi connectivity index (χ0v) is 21.9. The molecule has 0 aliphatic carbocycles. The highest BCUT2D eigenvalue weighted by Crippen LogP contribution is 2.33. The van der Waals surface area contributed by atoms with Crippen molar-refractivity contribution in [2.45, 2.75) is 0 Å². The van der Waals surface area contributed by atoms with Crippen molar-refractivity contribution in [3.05, 3.63) is 68.3 Å². The number of nitrogens with one attached hydrogen (secondary N) is 1. The summed E-state index contributed by atoms with van der Waals surface area (Å²) in [7, 11) is 0. The maximum atomic E-state index is 11.1. The summed E-state index contributed by atoms with van der Waals surface area (Å²) in [5, 5.41) is 33.9. The Kier molecular flexibility index (Phi) is 15.5. The molecule has 0 radical (unpaired) electrons. The van der Waals surface area contributed by atoms with Gasteiger partial charge in [-0.05, 0) is 24.3 Å². The first-order valence-electron chi connectivity index (χ1n) is 12.4. The van der Waals surface area contributed by atoms with Crippen molar-refractivity contribution in [3.63, 3.8) is 0 Å². The standard InChI is InChI=1S/C25H33N3O12/c29-25(30)20-3-1-4-21(19-20)40-18-17-39-16-15-38-14-13-37-12-11-36-10-9-35-8-7-26-24-22(27(31)32)5-2-6-23(24)28(33)34/h1-6,19,26H,7-18H2,(H,29,30). The van der Waals surface area contributed by atoms with Gasteiger partial charge in [-0.25, -0.2) is 4.79 Å². The van der Waals surface area contributed by atoms with Crippen molar-refractivity contribution in [3.8, 4) is 5.75 Å². The largest absolute Gasteiger partial charge is 0.491 e. The summed E-state index contributed by atoms with van der Waals surface area (Å²) < 4.78 is 32.4. The van der Waals surface area contributed by atoms with Crippen molar-refractivity contribution in [2.75, 3.05) is 84.5 Å². The van der Waals surface area contributed by atoms with Gasteiger partial charge in [0.05, 0.1) is 81.5 Å². The Morgan fingerprint density at radius 1 is 0.700 bits per heavy atom. The smallest absolute Gasteiger partial charge is 0.335 e. The van der Waals surface area contributed by atoms with Crippen LogP contribution in [0.3, 0.4) is 0 Å². The maximum absolute atomic E-state index is 11.1. The summed E-state index contributed by atoms with van der Waals surface area (Å²) in [4.78, 5) is 31.8. The minimum Gasteiger partial charge on any atom is -0.491 e. The third kappa shape index (κ3) is 12.8. The van der Waals surface area contributed by atoms with E-state index in [9.17, 15) is 25.0 Å². The van der Waals surface area contributed by atoms with Gasteiger partial charge < -0.3 is 38.8 Å². The Morgan fingerprint density at radius 2 is 1.15 bits per heavy atom. The van der Waals surface area contributed by atoms with Crippen LogP contribution in [0.4, 0.5) is 17.1 Å². The zero-order valence-electron chi connectivity index (χ0n) is 21.9. The molecule has 0 amide bonds. The van der Waals surface area contributed by atoms with E-state index in [2.05, 4.69) is 5.32 Å². The Labute approximate surface area is 230 Å². The molecule has 0 spiro atoms. The van der Waals surface area contributed by atoms with Crippen LogP contribution in [0.5, 0.6) is 5.75 Å². The number of nitrogens with zero attached hydrogens (tertiary/aromatic N) is 2. The topological polar surface area (TPSA) is 191 Å². The molecule has 0 fully saturated rings. The number of hydrogen-bond acceptors (Lipinski definition) is 12. The van der Waals surface area contributed by atoms with E-state index in [0.717, 1.165) is 0 Å². The third-order valence-corrected chi connectivity index (χ3v) is 5.03. The van der Waals surface area contributed by atoms with E-state index in [1.165, 1.54) is 30.3 Å². The van der Waals surface area contributed by atoms with Crippen LogP contribution < -0.4 is 10.1 Å². The first-order valence-corrected chi connectivity index (χ1v) is 12.4. The lowest BCUT2D eigenvalue weighted by Crippen LogP contribution is -2.16. The van der Waals surface area contributed by atoms with E-state index in [4.69, 9.17) is 33.5 Å².